The van der Waals surface area contributed by atoms with Gasteiger partial charge in [0.15, 0.2) is 0 Å². The number of hydrogen-bond donors (Lipinski definition) is 1. The van der Waals surface area contributed by atoms with Crippen molar-refractivity contribution in [2.24, 2.45) is 7.05 Å². The Kier molecular flexibility index (Phi) is 3.45. The molecule has 19 heavy (non-hydrogen) atoms. The lowest BCUT2D eigenvalue weighted by atomic mass is 10.3. The lowest BCUT2D eigenvalue weighted by Crippen LogP contribution is -2.15. The van der Waals surface area contributed by atoms with Crippen LogP contribution in [0.4, 0.5) is 0 Å². The molecule has 2 aromatic heterocycles. The van der Waals surface area contributed by atoms with Crippen molar-refractivity contribution in [1.29, 1.82) is 0 Å². The van der Waals surface area contributed by atoms with Crippen LogP contribution in [0.2, 0.25) is 0 Å². The Hall–Kier alpha value is -1.14. The normalized spacial score (nSPS) is 15.1. The van der Waals surface area contributed by atoms with Gasteiger partial charge in [0.2, 0.25) is 0 Å². The highest BCUT2D eigenvalue weighted by atomic mass is 79.9. The zero-order valence-corrected chi connectivity index (χ0v) is 12.8. The van der Waals surface area contributed by atoms with Crippen LogP contribution in [0.25, 0.3) is 0 Å². The van der Waals surface area contributed by atoms with Crippen molar-refractivity contribution in [1.82, 2.24) is 24.6 Å². The number of rotatable bonds is 5. The van der Waals surface area contributed by atoms with Gasteiger partial charge in [0, 0.05) is 25.8 Å². The van der Waals surface area contributed by atoms with Gasteiger partial charge in [-0.05, 0) is 35.7 Å². The summed E-state index contributed by atoms with van der Waals surface area (Å²) < 4.78 is 5.11. The van der Waals surface area contributed by atoms with E-state index in [1.165, 1.54) is 12.8 Å². The van der Waals surface area contributed by atoms with Crippen molar-refractivity contribution in [3.05, 3.63) is 34.1 Å². The Morgan fingerprint density at radius 1 is 1.47 bits per heavy atom. The zero-order valence-electron chi connectivity index (χ0n) is 11.2. The molecule has 0 aliphatic heterocycles. The fourth-order valence-corrected chi connectivity index (χ4v) is 2.61. The Labute approximate surface area is 121 Å². The third-order valence-corrected chi connectivity index (χ3v) is 4.46. The molecule has 0 atom stereocenters. The fraction of sp³-hybridized carbons (Fsp3) is 0.538. The van der Waals surface area contributed by atoms with Gasteiger partial charge in [-0.25, -0.2) is 4.98 Å². The molecule has 3 rings (SSSR count). The van der Waals surface area contributed by atoms with Crippen molar-refractivity contribution >= 4 is 15.9 Å². The second-order valence-corrected chi connectivity index (χ2v) is 5.96. The maximum atomic E-state index is 4.43. The molecule has 5 nitrogen and oxygen atoms in total. The summed E-state index contributed by atoms with van der Waals surface area (Å²) in [6, 6.07) is 0.721. The quantitative estimate of drug-likeness (QED) is 0.915. The lowest BCUT2D eigenvalue weighted by Gasteiger charge is -2.03. The third kappa shape index (κ3) is 2.90. The maximum absolute atomic E-state index is 4.43. The standard InChI is InChI=1S/C13H18BrN5/c1-9-13(14)12(18(2)17-9)7-19-6-11(16-8-19)5-15-10-3-4-10/h6,8,10,15H,3-5,7H2,1-2H3. The minimum absolute atomic E-state index is 0.721. The molecule has 1 fully saturated rings. The van der Waals surface area contributed by atoms with Crippen molar-refractivity contribution in [2.45, 2.75) is 38.9 Å². The van der Waals surface area contributed by atoms with Crippen LogP contribution in [0, 0.1) is 6.92 Å². The molecule has 1 N–H and O–H groups in total. The van der Waals surface area contributed by atoms with E-state index in [1.54, 1.807) is 0 Å². The van der Waals surface area contributed by atoms with Gasteiger partial charge < -0.3 is 9.88 Å². The first kappa shape index (κ1) is 12.9. The van der Waals surface area contributed by atoms with Crippen LogP contribution in [0.3, 0.4) is 0 Å². The van der Waals surface area contributed by atoms with E-state index in [4.69, 9.17) is 0 Å². The molecule has 0 saturated heterocycles. The Bertz CT molecular complexity index is 582. The first-order chi connectivity index (χ1) is 9.13. The second-order valence-electron chi connectivity index (χ2n) is 5.16. The van der Waals surface area contributed by atoms with Crippen molar-refractivity contribution in [2.75, 3.05) is 0 Å². The summed E-state index contributed by atoms with van der Waals surface area (Å²) in [7, 11) is 1.97. The van der Waals surface area contributed by atoms with E-state index in [2.05, 4.69) is 42.1 Å². The van der Waals surface area contributed by atoms with Crippen molar-refractivity contribution < 1.29 is 0 Å². The van der Waals surface area contributed by atoms with E-state index >= 15 is 0 Å². The fourth-order valence-electron chi connectivity index (χ4n) is 2.15. The molecule has 0 radical (unpaired) electrons. The molecule has 0 bridgehead atoms. The van der Waals surface area contributed by atoms with E-state index in [-0.39, 0.29) is 0 Å². The Balaban J connectivity index is 1.68. The van der Waals surface area contributed by atoms with Gasteiger partial charge in [0.1, 0.15) is 0 Å². The number of aromatic nitrogens is 4. The molecule has 2 heterocycles. The molecule has 1 aliphatic rings. The Morgan fingerprint density at radius 2 is 2.26 bits per heavy atom. The number of nitrogens with zero attached hydrogens (tertiary/aromatic N) is 4. The van der Waals surface area contributed by atoms with Crippen LogP contribution >= 0.6 is 15.9 Å². The summed E-state index contributed by atoms with van der Waals surface area (Å²) in [5, 5.41) is 7.88. The SMILES string of the molecule is Cc1nn(C)c(Cn2cnc(CNC3CC3)c2)c1Br. The van der Waals surface area contributed by atoms with Gasteiger partial charge >= 0.3 is 0 Å². The van der Waals surface area contributed by atoms with Crippen LogP contribution in [0.1, 0.15) is 29.9 Å². The molecule has 1 aliphatic carbocycles. The van der Waals surface area contributed by atoms with Crippen LogP contribution in [0.5, 0.6) is 0 Å². The zero-order chi connectivity index (χ0) is 13.4. The van der Waals surface area contributed by atoms with Crippen molar-refractivity contribution in [3.63, 3.8) is 0 Å². The molecule has 2 aromatic rings. The highest BCUT2D eigenvalue weighted by molar-refractivity contribution is 9.10. The van der Waals surface area contributed by atoms with Gasteiger partial charge in [-0.15, -0.1) is 0 Å². The molecule has 1 saturated carbocycles. The number of nitrogens with one attached hydrogen (secondary N) is 1. The van der Waals surface area contributed by atoms with Crippen molar-refractivity contribution in [3.8, 4) is 0 Å². The van der Waals surface area contributed by atoms with Crippen LogP contribution in [-0.4, -0.2) is 25.4 Å². The predicted molar refractivity (Wildman–Crippen MR) is 76.8 cm³/mol. The van der Waals surface area contributed by atoms with E-state index in [1.807, 2.05) is 25.0 Å². The minimum atomic E-state index is 0.721. The molecular formula is C13H18BrN5. The highest BCUT2D eigenvalue weighted by Crippen LogP contribution is 2.21. The van der Waals surface area contributed by atoms with Crippen LogP contribution in [-0.2, 0) is 20.1 Å². The minimum Gasteiger partial charge on any atom is -0.331 e. The van der Waals surface area contributed by atoms with Gasteiger partial charge in [0.05, 0.1) is 34.4 Å². The molecule has 6 heteroatoms. The summed E-state index contributed by atoms with van der Waals surface area (Å²) in [5.41, 5.74) is 3.28. The van der Waals surface area contributed by atoms with Crippen LogP contribution < -0.4 is 5.32 Å². The largest absolute Gasteiger partial charge is 0.331 e. The number of aryl methyl sites for hydroxylation is 2. The maximum Gasteiger partial charge on any atom is 0.0953 e. The second kappa shape index (κ2) is 5.09. The van der Waals surface area contributed by atoms with E-state index < -0.39 is 0 Å². The molecular weight excluding hydrogens is 306 g/mol. The summed E-state index contributed by atoms with van der Waals surface area (Å²) in [4.78, 5) is 4.43. The third-order valence-electron chi connectivity index (χ3n) is 3.43. The topological polar surface area (TPSA) is 47.7 Å². The van der Waals surface area contributed by atoms with Crippen LogP contribution in [0.15, 0.2) is 17.0 Å². The van der Waals surface area contributed by atoms with Gasteiger partial charge in [-0.3, -0.25) is 4.68 Å². The molecule has 0 amide bonds. The van der Waals surface area contributed by atoms with Gasteiger partial charge in [-0.1, -0.05) is 0 Å². The van der Waals surface area contributed by atoms with Gasteiger partial charge in [-0.2, -0.15) is 5.10 Å². The van der Waals surface area contributed by atoms with E-state index in [0.29, 0.717) is 0 Å². The number of hydrogen-bond acceptors (Lipinski definition) is 3. The average Bonchev–Trinajstić information content (AvgIpc) is 3.06. The first-order valence-corrected chi connectivity index (χ1v) is 7.35. The first-order valence-electron chi connectivity index (χ1n) is 6.55. The van der Waals surface area contributed by atoms with E-state index in [0.717, 1.165) is 40.7 Å². The average molecular weight is 324 g/mol. The summed E-state index contributed by atoms with van der Waals surface area (Å²) in [5.74, 6) is 0. The summed E-state index contributed by atoms with van der Waals surface area (Å²) >= 11 is 3.59. The molecule has 0 unspecified atom stereocenters. The number of imidazole rings is 1. The predicted octanol–water partition coefficient (Wildman–Crippen LogP) is 1.99. The molecule has 102 valence electrons. The monoisotopic (exact) mass is 323 g/mol. The highest BCUT2D eigenvalue weighted by Gasteiger charge is 2.20. The number of halogens is 1. The summed E-state index contributed by atoms with van der Waals surface area (Å²) in [6.45, 7) is 3.66. The smallest absolute Gasteiger partial charge is 0.0953 e. The Morgan fingerprint density at radius 3 is 2.89 bits per heavy atom. The lowest BCUT2D eigenvalue weighted by molar-refractivity contribution is 0.658. The van der Waals surface area contributed by atoms with Gasteiger partial charge in [0.25, 0.3) is 0 Å². The summed E-state index contributed by atoms with van der Waals surface area (Å²) in [6.07, 6.45) is 6.60. The van der Waals surface area contributed by atoms with E-state index in [9.17, 15) is 0 Å². The molecule has 0 aromatic carbocycles. The molecule has 0 spiro atoms.